The van der Waals surface area contributed by atoms with Gasteiger partial charge in [-0.1, -0.05) is 44.2 Å². The molecule has 16 nitrogen and oxygen atoms in total. The molecule has 0 unspecified atom stereocenters. The number of nitrogens with zero attached hydrogens (tertiary/aromatic N) is 1. The van der Waals surface area contributed by atoms with Gasteiger partial charge in [0.05, 0.1) is 6.42 Å². The molecule has 16 heteroatoms. The number of hydrazine groups is 1. The second-order valence-electron chi connectivity index (χ2n) is 8.94. The van der Waals surface area contributed by atoms with Gasteiger partial charge in [0.2, 0.25) is 11.8 Å². The zero-order valence-corrected chi connectivity index (χ0v) is 21.9. The van der Waals surface area contributed by atoms with Crippen LogP contribution in [0.1, 0.15) is 38.7 Å². The molecular formula is C24H33N5O11. The maximum atomic E-state index is 13.0. The van der Waals surface area contributed by atoms with E-state index in [9.17, 15) is 38.7 Å². The first-order valence-corrected chi connectivity index (χ1v) is 12.0. The van der Waals surface area contributed by atoms with E-state index < -0.39 is 91.6 Å². The minimum absolute atomic E-state index is 0.178. The van der Waals surface area contributed by atoms with Gasteiger partial charge >= 0.3 is 24.0 Å². The molecule has 0 aliphatic rings. The maximum Gasteiger partial charge on any atom is 0.408 e. The molecule has 8 N–H and O–H groups in total. The third-order valence-electron chi connectivity index (χ3n) is 5.30. The fraction of sp³-hybridized carbons (Fsp3) is 0.458. The number of aliphatic carboxylic acids is 3. The van der Waals surface area contributed by atoms with Crippen LogP contribution in [0.2, 0.25) is 0 Å². The number of ether oxygens (including phenoxy) is 1. The monoisotopic (exact) mass is 567 g/mol. The Labute approximate surface area is 228 Å². The van der Waals surface area contributed by atoms with Crippen LogP contribution < -0.4 is 21.8 Å². The topological polar surface area (TPSA) is 255 Å². The second-order valence-corrected chi connectivity index (χ2v) is 8.94. The summed E-state index contributed by atoms with van der Waals surface area (Å²) >= 11 is 0. The van der Waals surface area contributed by atoms with Gasteiger partial charge in [-0.15, -0.1) is 0 Å². The third-order valence-corrected chi connectivity index (χ3v) is 5.30. The van der Waals surface area contributed by atoms with Crippen LogP contribution in [0, 0.1) is 5.92 Å². The van der Waals surface area contributed by atoms with Crippen molar-refractivity contribution in [1.29, 1.82) is 0 Å². The van der Waals surface area contributed by atoms with Crippen LogP contribution in [0.4, 0.5) is 4.79 Å². The lowest BCUT2D eigenvalue weighted by atomic mass is 10.0. The van der Waals surface area contributed by atoms with Crippen molar-refractivity contribution in [3.8, 4) is 0 Å². The zero-order valence-electron chi connectivity index (χ0n) is 21.9. The first-order valence-electron chi connectivity index (χ1n) is 12.0. The average molecular weight is 568 g/mol. The Kier molecular flexibility index (Phi) is 13.6. The number of carboxylic acid groups (broad SMARTS) is 3. The molecule has 1 aromatic rings. The number of benzene rings is 1. The van der Waals surface area contributed by atoms with Gasteiger partial charge in [0.25, 0.3) is 5.91 Å². The molecule has 0 heterocycles. The van der Waals surface area contributed by atoms with Gasteiger partial charge in [0, 0.05) is 6.42 Å². The highest BCUT2D eigenvalue weighted by atomic mass is 16.5. The van der Waals surface area contributed by atoms with Crippen LogP contribution in [0.3, 0.4) is 0 Å². The summed E-state index contributed by atoms with van der Waals surface area (Å²) in [5, 5.41) is 34.1. The fourth-order valence-electron chi connectivity index (χ4n) is 3.27. The van der Waals surface area contributed by atoms with Crippen molar-refractivity contribution >= 4 is 41.7 Å². The van der Waals surface area contributed by atoms with Crippen LogP contribution in [-0.2, 0) is 40.1 Å². The Hall–Kier alpha value is -4.73. The summed E-state index contributed by atoms with van der Waals surface area (Å²) in [4.78, 5) is 84.1. The molecule has 0 saturated carbocycles. The number of carbonyl (C=O) groups excluding carboxylic acids is 4. The van der Waals surface area contributed by atoms with Crippen molar-refractivity contribution in [2.24, 2.45) is 11.8 Å². The molecule has 4 amide bonds. The summed E-state index contributed by atoms with van der Waals surface area (Å²) in [6, 6.07) is 3.85. The summed E-state index contributed by atoms with van der Waals surface area (Å²) in [6.07, 6.45) is -3.09. The second kappa shape index (κ2) is 16.3. The van der Waals surface area contributed by atoms with Crippen LogP contribution in [-0.4, -0.2) is 86.7 Å². The molecule has 0 saturated heterocycles. The molecule has 3 atom stereocenters. The lowest BCUT2D eigenvalue weighted by Crippen LogP contribution is -2.59. The fourth-order valence-corrected chi connectivity index (χ4v) is 3.27. The average Bonchev–Trinajstić information content (AvgIpc) is 2.87. The smallest absolute Gasteiger partial charge is 0.408 e. The van der Waals surface area contributed by atoms with Gasteiger partial charge < -0.3 is 36.0 Å². The Balaban J connectivity index is 3.03. The van der Waals surface area contributed by atoms with E-state index in [1.165, 1.54) is 13.8 Å². The summed E-state index contributed by atoms with van der Waals surface area (Å²) in [5.41, 5.74) is 0.621. The Morgan fingerprint density at radius 3 is 1.98 bits per heavy atom. The number of rotatable bonds is 16. The first-order chi connectivity index (χ1) is 18.7. The molecule has 220 valence electrons. The predicted octanol–water partition coefficient (Wildman–Crippen LogP) is -0.967. The lowest BCUT2D eigenvalue weighted by Gasteiger charge is -2.28. The number of nitrogens with one attached hydrogen (secondary N) is 3. The molecule has 0 aliphatic carbocycles. The molecule has 1 rings (SSSR count). The van der Waals surface area contributed by atoms with Gasteiger partial charge in [-0.2, -0.15) is 0 Å². The number of hydrogen-bond donors (Lipinski definition) is 7. The van der Waals surface area contributed by atoms with Gasteiger partial charge in [0.15, 0.2) is 0 Å². The van der Waals surface area contributed by atoms with E-state index in [1.807, 2.05) is 0 Å². The molecule has 0 spiro atoms. The minimum atomic E-state index is -1.71. The van der Waals surface area contributed by atoms with E-state index in [1.54, 1.807) is 30.3 Å². The van der Waals surface area contributed by atoms with Crippen molar-refractivity contribution < 1.29 is 53.6 Å². The Morgan fingerprint density at radius 2 is 1.45 bits per heavy atom. The maximum absolute atomic E-state index is 13.0. The van der Waals surface area contributed by atoms with Crippen molar-refractivity contribution in [2.45, 2.75) is 57.8 Å². The van der Waals surface area contributed by atoms with E-state index in [-0.39, 0.29) is 6.61 Å². The molecule has 0 aliphatic heterocycles. The van der Waals surface area contributed by atoms with E-state index in [4.69, 9.17) is 20.8 Å². The number of alkyl carbamates (subject to hydrolysis) is 1. The summed E-state index contributed by atoms with van der Waals surface area (Å²) in [6.45, 7) is 2.01. The molecule has 0 fully saturated rings. The highest BCUT2D eigenvalue weighted by molar-refractivity contribution is 5.95. The van der Waals surface area contributed by atoms with Crippen LogP contribution in [0.15, 0.2) is 30.3 Å². The normalized spacial score (nSPS) is 12.8. The van der Waals surface area contributed by atoms with Crippen molar-refractivity contribution in [3.05, 3.63) is 35.9 Å². The molecule has 1 aromatic carbocycles. The van der Waals surface area contributed by atoms with Crippen molar-refractivity contribution in [1.82, 2.24) is 21.0 Å². The molecule has 0 radical (unpaired) electrons. The molecule has 0 aromatic heterocycles. The van der Waals surface area contributed by atoms with E-state index in [0.29, 0.717) is 10.6 Å². The molecule has 40 heavy (non-hydrogen) atoms. The Bertz CT molecular complexity index is 1080. The van der Waals surface area contributed by atoms with E-state index in [2.05, 4.69) is 16.0 Å². The van der Waals surface area contributed by atoms with Crippen molar-refractivity contribution in [2.75, 3.05) is 6.54 Å². The van der Waals surface area contributed by atoms with Gasteiger partial charge in [-0.25, -0.2) is 10.6 Å². The van der Waals surface area contributed by atoms with E-state index in [0.717, 1.165) is 0 Å². The number of amides is 4. The SMILES string of the molecule is CC(C)[C@H](NC(=O)[C@H](CCC(=O)O)NC(=O)[C@H](CC(=O)O)NC(=O)OCc1ccccc1)C(=O)N(N)CC(=O)O. The quantitative estimate of drug-likeness (QED) is 0.0724. The number of carbonyl (C=O) groups is 7. The van der Waals surface area contributed by atoms with Gasteiger partial charge in [-0.3, -0.25) is 33.8 Å². The predicted molar refractivity (Wildman–Crippen MR) is 135 cm³/mol. The first kappa shape index (κ1) is 33.3. The minimum Gasteiger partial charge on any atom is -0.481 e. The standard InChI is InChI=1S/C24H33N5O11/c1-13(2)20(23(38)29(25)11-19(34)35)28-21(36)15(8-9-17(30)31)26-22(37)16(10-18(32)33)27-24(39)40-12-14-6-4-3-5-7-14/h3-7,13,15-16,20H,8-12,25H2,1-2H3,(H,26,37)(H,27,39)(H,28,36)(H,30,31)(H,32,33)(H,34,35)/t15-,16-,20-/m0/s1. The summed E-state index contributed by atoms with van der Waals surface area (Å²) < 4.78 is 5.00. The summed E-state index contributed by atoms with van der Waals surface area (Å²) in [7, 11) is 0. The molecular weight excluding hydrogens is 534 g/mol. The highest BCUT2D eigenvalue weighted by Crippen LogP contribution is 2.08. The van der Waals surface area contributed by atoms with Gasteiger partial charge in [-0.05, 0) is 17.9 Å². The zero-order chi connectivity index (χ0) is 30.4. The Morgan fingerprint density at radius 1 is 0.850 bits per heavy atom. The number of carboxylic acids is 3. The van der Waals surface area contributed by atoms with E-state index >= 15 is 0 Å². The van der Waals surface area contributed by atoms with Crippen LogP contribution in [0.5, 0.6) is 0 Å². The number of hydrogen-bond acceptors (Lipinski definition) is 9. The number of nitrogens with two attached hydrogens (primary N) is 1. The summed E-state index contributed by atoms with van der Waals surface area (Å²) in [5.74, 6) is -2.44. The van der Waals surface area contributed by atoms with Crippen LogP contribution in [0.25, 0.3) is 0 Å². The largest absolute Gasteiger partial charge is 0.481 e. The third kappa shape index (κ3) is 12.2. The van der Waals surface area contributed by atoms with Gasteiger partial charge in [0.1, 0.15) is 31.3 Å². The van der Waals surface area contributed by atoms with Crippen molar-refractivity contribution in [3.63, 3.8) is 0 Å². The van der Waals surface area contributed by atoms with Crippen LogP contribution >= 0.6 is 0 Å². The highest BCUT2D eigenvalue weighted by Gasteiger charge is 2.33. The molecule has 0 bridgehead atoms. The lowest BCUT2D eigenvalue weighted by molar-refractivity contribution is -0.147.